The summed E-state index contributed by atoms with van der Waals surface area (Å²) in [6.45, 7) is 13.2. The Morgan fingerprint density at radius 3 is 1.63 bits per heavy atom. The molecule has 0 amide bonds. The summed E-state index contributed by atoms with van der Waals surface area (Å²) in [7, 11) is 4.83. The van der Waals surface area contributed by atoms with Gasteiger partial charge in [0.2, 0.25) is 0 Å². The number of carbonyl (C=O) groups is 1. The van der Waals surface area contributed by atoms with Gasteiger partial charge < -0.3 is 77.6 Å². The molecule has 65 heavy (non-hydrogen) atoms. The maximum Gasteiger partial charge on any atom is 0.161 e. The third-order valence-corrected chi connectivity index (χ3v) is 18.1. The van der Waals surface area contributed by atoms with Crippen molar-refractivity contribution >= 4 is 5.78 Å². The van der Waals surface area contributed by atoms with E-state index in [4.69, 9.17) is 52.1 Å². The first-order valence-corrected chi connectivity index (χ1v) is 24.5. The van der Waals surface area contributed by atoms with Crippen molar-refractivity contribution in [1.29, 1.82) is 0 Å². The first-order valence-electron chi connectivity index (χ1n) is 24.5. The van der Waals surface area contributed by atoms with Gasteiger partial charge in [-0.2, -0.15) is 0 Å². The van der Waals surface area contributed by atoms with Gasteiger partial charge in [-0.25, -0.2) is 0 Å². The molecule has 0 radical (unpaired) electrons. The van der Waals surface area contributed by atoms with Crippen LogP contribution in [0.1, 0.15) is 119 Å². The van der Waals surface area contributed by atoms with Crippen molar-refractivity contribution in [3.05, 3.63) is 0 Å². The zero-order valence-electron chi connectivity index (χ0n) is 40.2. The lowest BCUT2D eigenvalue weighted by Gasteiger charge is -2.63. The normalized spacial score (nSPS) is 54.9. The van der Waals surface area contributed by atoms with Gasteiger partial charge in [-0.1, -0.05) is 13.8 Å². The Labute approximate surface area is 384 Å². The maximum absolute atomic E-state index is 12.7. The quantitative estimate of drug-likeness (QED) is 0.178. The largest absolute Gasteiger partial charge is 0.390 e. The number of hydrogen-bond acceptors (Lipinski definition) is 17. The summed E-state index contributed by atoms with van der Waals surface area (Å²) in [5.74, 6) is -0.640. The van der Waals surface area contributed by atoms with Gasteiger partial charge >= 0.3 is 0 Å². The molecule has 17 nitrogen and oxygen atoms in total. The molecule has 17 heteroatoms. The summed E-state index contributed by atoms with van der Waals surface area (Å²) in [6.07, 6.45) is -4.55. The molecule has 0 aromatic rings. The minimum Gasteiger partial charge on any atom is -0.390 e. The van der Waals surface area contributed by atoms with Crippen molar-refractivity contribution in [2.24, 2.45) is 34.5 Å². The Balaban J connectivity index is 0.815. The van der Waals surface area contributed by atoms with Crippen LogP contribution >= 0.6 is 0 Å². The molecule has 4 heterocycles. The minimum atomic E-state index is -1.52. The fraction of sp³-hybridized carbons (Fsp3) is 0.979. The standard InChI is InChI=1S/C48H80O17/c1-22(49)39-41(52)45(53)48(54)30-12-11-27-17-28(13-15-46(27,6)29(30)14-16-47(39,48)7)62-36-20-33(56-9)43(25(4)60-36)64-35-18-31(50)42(24(3)59-35)63-38-21-34(57-10)44(26(5)61-38)65-37-19-32(55-8)40(51)23(2)58-37/h23-45,50-54H,11-21H2,1-10H3/t23-,24-,25-,26-,27+,28+,29?,30?,31+,32-,33-,34-,35+,36+,37+,38+,39+,40-,41+,42-,43-,44-,45-,46+,47-,48-/m1/s1. The second-order valence-corrected chi connectivity index (χ2v) is 21.5. The van der Waals surface area contributed by atoms with Crippen LogP contribution in [0.3, 0.4) is 0 Å². The highest BCUT2D eigenvalue weighted by atomic mass is 16.8. The fourth-order valence-corrected chi connectivity index (χ4v) is 14.5. The molecule has 8 aliphatic rings. The van der Waals surface area contributed by atoms with E-state index in [1.165, 1.54) is 6.92 Å². The number of fused-ring (bicyclic) bond motifs is 5. The molecular weight excluding hydrogens is 849 g/mol. The van der Waals surface area contributed by atoms with Gasteiger partial charge in [0.05, 0.1) is 67.0 Å². The van der Waals surface area contributed by atoms with Crippen LogP contribution in [0.4, 0.5) is 0 Å². The number of Topliss-reactive ketones (excluding diaryl/α,β-unsaturated/α-hetero) is 1. The van der Waals surface area contributed by atoms with Crippen LogP contribution in [-0.2, 0) is 56.9 Å². The van der Waals surface area contributed by atoms with E-state index in [-0.39, 0.29) is 47.8 Å². The highest BCUT2D eigenvalue weighted by molar-refractivity contribution is 5.81. The number of aliphatic hydroxyl groups excluding tert-OH is 4. The summed E-state index contributed by atoms with van der Waals surface area (Å²) in [5.41, 5.74) is -2.47. The molecule has 0 spiro atoms. The molecular formula is C48H80O17. The van der Waals surface area contributed by atoms with Crippen LogP contribution in [0.25, 0.3) is 0 Å². The maximum atomic E-state index is 12.7. The lowest BCUT2D eigenvalue weighted by atomic mass is 9.43. The van der Waals surface area contributed by atoms with Gasteiger partial charge in [-0.15, -0.1) is 0 Å². The molecule has 26 atom stereocenters. The van der Waals surface area contributed by atoms with E-state index in [9.17, 15) is 30.3 Å². The van der Waals surface area contributed by atoms with Gasteiger partial charge in [0.1, 0.15) is 41.9 Å². The molecule has 4 aliphatic carbocycles. The van der Waals surface area contributed by atoms with Crippen LogP contribution in [0, 0.1) is 34.5 Å². The number of methoxy groups -OCH3 is 3. The Morgan fingerprint density at radius 1 is 0.569 bits per heavy atom. The molecule has 0 aromatic carbocycles. The third kappa shape index (κ3) is 9.05. The monoisotopic (exact) mass is 929 g/mol. The number of ketones is 1. The van der Waals surface area contributed by atoms with Crippen LogP contribution < -0.4 is 0 Å². The van der Waals surface area contributed by atoms with Crippen molar-refractivity contribution in [3.63, 3.8) is 0 Å². The summed E-state index contributed by atoms with van der Waals surface area (Å²) in [6, 6.07) is 0. The van der Waals surface area contributed by atoms with Crippen LogP contribution in [0.15, 0.2) is 0 Å². The minimum absolute atomic E-state index is 0.0218. The number of carbonyl (C=O) groups excluding carboxylic acids is 1. The Hall–Kier alpha value is -0.970. The molecule has 8 rings (SSSR count). The lowest BCUT2D eigenvalue weighted by Crippen LogP contribution is -2.66. The first kappa shape index (κ1) is 50.4. The first-order chi connectivity index (χ1) is 30.8. The van der Waals surface area contributed by atoms with Gasteiger partial charge in [0, 0.05) is 52.4 Å². The summed E-state index contributed by atoms with van der Waals surface area (Å²) in [5, 5.41) is 56.7. The van der Waals surface area contributed by atoms with E-state index in [0.717, 1.165) is 38.5 Å². The predicted octanol–water partition coefficient (Wildman–Crippen LogP) is 3.14. The molecule has 4 saturated carbocycles. The van der Waals surface area contributed by atoms with Crippen molar-refractivity contribution in [2.45, 2.75) is 241 Å². The van der Waals surface area contributed by atoms with E-state index in [2.05, 4.69) is 6.92 Å². The van der Waals surface area contributed by atoms with Crippen molar-refractivity contribution in [2.75, 3.05) is 21.3 Å². The highest BCUT2D eigenvalue weighted by Crippen LogP contribution is 2.69. The molecule has 2 unspecified atom stereocenters. The average molecular weight is 929 g/mol. The topological polar surface area (TPSA) is 220 Å². The van der Waals surface area contributed by atoms with Crippen LogP contribution in [0.2, 0.25) is 0 Å². The van der Waals surface area contributed by atoms with E-state index in [0.29, 0.717) is 31.6 Å². The van der Waals surface area contributed by atoms with E-state index in [1.807, 2.05) is 27.7 Å². The molecule has 0 bridgehead atoms. The predicted molar refractivity (Wildman–Crippen MR) is 230 cm³/mol. The molecule has 374 valence electrons. The summed E-state index contributed by atoms with van der Waals surface area (Å²) < 4.78 is 68.3. The van der Waals surface area contributed by atoms with Gasteiger partial charge in [0.25, 0.3) is 0 Å². The molecule has 4 aliphatic heterocycles. The van der Waals surface area contributed by atoms with E-state index in [1.54, 1.807) is 28.3 Å². The molecule has 0 aromatic heterocycles. The summed E-state index contributed by atoms with van der Waals surface area (Å²) >= 11 is 0. The van der Waals surface area contributed by atoms with Crippen molar-refractivity contribution in [1.82, 2.24) is 0 Å². The Bertz CT molecular complexity index is 1610. The van der Waals surface area contributed by atoms with Gasteiger partial charge in [-0.3, -0.25) is 4.79 Å². The van der Waals surface area contributed by atoms with E-state index >= 15 is 0 Å². The van der Waals surface area contributed by atoms with Gasteiger partial charge in [0.15, 0.2) is 25.2 Å². The number of rotatable bonds is 12. The zero-order valence-corrected chi connectivity index (χ0v) is 40.2. The lowest BCUT2D eigenvalue weighted by molar-refractivity contribution is -0.346. The zero-order chi connectivity index (χ0) is 46.9. The van der Waals surface area contributed by atoms with E-state index < -0.39 is 115 Å². The van der Waals surface area contributed by atoms with Gasteiger partial charge in [-0.05, 0) is 103 Å². The molecule has 8 fully saturated rings. The molecule has 4 saturated heterocycles. The number of ether oxygens (including phenoxy) is 11. The number of hydrogen-bond donors (Lipinski definition) is 5. The highest BCUT2D eigenvalue weighted by Gasteiger charge is 2.74. The second-order valence-electron chi connectivity index (χ2n) is 21.5. The third-order valence-electron chi connectivity index (χ3n) is 18.1. The summed E-state index contributed by atoms with van der Waals surface area (Å²) in [4.78, 5) is 12.7. The van der Waals surface area contributed by atoms with Crippen molar-refractivity contribution in [3.8, 4) is 0 Å². The number of aliphatic hydroxyl groups is 5. The smallest absolute Gasteiger partial charge is 0.161 e. The average Bonchev–Trinajstić information content (AvgIpc) is 3.42. The van der Waals surface area contributed by atoms with Crippen LogP contribution in [-0.4, -0.2) is 175 Å². The second kappa shape index (κ2) is 19.7. The Morgan fingerprint density at radius 2 is 1.08 bits per heavy atom. The fourth-order valence-electron chi connectivity index (χ4n) is 14.5. The van der Waals surface area contributed by atoms with Crippen LogP contribution in [0.5, 0.6) is 0 Å². The Kier molecular flexibility index (Phi) is 15.3. The molecule has 5 N–H and O–H groups in total. The van der Waals surface area contributed by atoms with Crippen molar-refractivity contribution < 1.29 is 82.4 Å². The SMILES string of the molecule is CO[C@@H]1C[C@H](O[C@@H]2[C@@H](C)O[C@@H](O[C@H]3[C@@H](O)C[C@H](O[C@@H]4[C@@H](C)O[C@@H](O[C@H]5CC[C@]6(C)C7CC[C@]8(C)[C@@H](C(C)=O)[C@H](O)[C@@H](O)[C@]8(O)C7CC[C@H]6C5)C[C@H]4OC)O[C@@H]3C)C[C@H]2OC)O[C@H](C)[C@H]1O.